The summed E-state index contributed by atoms with van der Waals surface area (Å²) in [6.07, 6.45) is 3.49. The van der Waals surface area contributed by atoms with Gasteiger partial charge in [-0.05, 0) is 37.9 Å². The van der Waals surface area contributed by atoms with Gasteiger partial charge in [0.2, 0.25) is 0 Å². The number of aryl methyl sites for hydroxylation is 2. The fourth-order valence-corrected chi connectivity index (χ4v) is 4.19. The molecule has 5 heteroatoms. The largest absolute Gasteiger partial charge is 0.307 e. The van der Waals surface area contributed by atoms with Crippen molar-refractivity contribution in [3.8, 4) is 0 Å². The van der Waals surface area contributed by atoms with E-state index in [0.717, 1.165) is 23.4 Å². The summed E-state index contributed by atoms with van der Waals surface area (Å²) in [6.45, 7) is 0. The number of fused-ring (bicyclic) bond motifs is 1. The smallest absolute Gasteiger partial charge is 0.115 e. The van der Waals surface area contributed by atoms with Crippen molar-refractivity contribution in [2.24, 2.45) is 0 Å². The van der Waals surface area contributed by atoms with E-state index in [9.17, 15) is 0 Å². The molecule has 1 atom stereocenters. The van der Waals surface area contributed by atoms with E-state index in [0.29, 0.717) is 10.0 Å². The topological polar surface area (TPSA) is 24.9 Å². The van der Waals surface area contributed by atoms with Crippen LogP contribution in [0.5, 0.6) is 0 Å². The van der Waals surface area contributed by atoms with Crippen molar-refractivity contribution in [2.45, 2.75) is 25.3 Å². The Balaban J connectivity index is 2.02. The quantitative estimate of drug-likeness (QED) is 0.916. The number of aromatic nitrogens is 1. The Labute approximate surface area is 126 Å². The number of halogens is 2. The van der Waals surface area contributed by atoms with Gasteiger partial charge in [-0.1, -0.05) is 35.3 Å². The van der Waals surface area contributed by atoms with Crippen LogP contribution in [0.1, 0.15) is 33.6 Å². The predicted molar refractivity (Wildman–Crippen MR) is 81.5 cm³/mol. The first-order valence-electron chi connectivity index (χ1n) is 6.30. The van der Waals surface area contributed by atoms with Gasteiger partial charge in [0.15, 0.2) is 0 Å². The Morgan fingerprint density at radius 3 is 2.89 bits per heavy atom. The summed E-state index contributed by atoms with van der Waals surface area (Å²) in [5, 5.41) is 5.57. The Morgan fingerprint density at radius 1 is 1.32 bits per heavy atom. The van der Waals surface area contributed by atoms with Crippen molar-refractivity contribution in [1.82, 2.24) is 10.3 Å². The molecule has 0 radical (unpaired) electrons. The Hall–Kier alpha value is -0.610. The Kier molecular flexibility index (Phi) is 3.81. The van der Waals surface area contributed by atoms with Gasteiger partial charge in [0.1, 0.15) is 5.01 Å². The second-order valence-electron chi connectivity index (χ2n) is 4.64. The van der Waals surface area contributed by atoms with Crippen LogP contribution in [0.4, 0.5) is 0 Å². The van der Waals surface area contributed by atoms with Crippen molar-refractivity contribution >= 4 is 34.5 Å². The fraction of sp³-hybridized carbons (Fsp3) is 0.357. The number of rotatable bonds is 3. The molecule has 2 nitrogen and oxygen atoms in total. The molecule has 1 aliphatic carbocycles. The minimum atomic E-state index is 0.0156. The summed E-state index contributed by atoms with van der Waals surface area (Å²) in [7, 11) is 1.93. The summed E-state index contributed by atoms with van der Waals surface area (Å²) < 4.78 is 0. The molecule has 19 heavy (non-hydrogen) atoms. The summed E-state index contributed by atoms with van der Waals surface area (Å²) in [5.41, 5.74) is 2.25. The minimum absolute atomic E-state index is 0.0156. The van der Waals surface area contributed by atoms with Crippen LogP contribution in [0.25, 0.3) is 0 Å². The second kappa shape index (κ2) is 5.41. The SMILES string of the molecule is CNC(c1nc2c(s1)CCC2)c1cccc(Cl)c1Cl. The van der Waals surface area contributed by atoms with Crippen LogP contribution in [0, 0.1) is 0 Å². The van der Waals surface area contributed by atoms with E-state index in [1.807, 2.05) is 25.2 Å². The molecule has 1 aromatic heterocycles. The summed E-state index contributed by atoms with van der Waals surface area (Å²) in [4.78, 5) is 6.19. The van der Waals surface area contributed by atoms with E-state index in [-0.39, 0.29) is 6.04 Å². The molecule has 1 heterocycles. The average Bonchev–Trinajstić information content (AvgIpc) is 2.96. The third kappa shape index (κ3) is 2.40. The molecule has 1 aromatic carbocycles. The lowest BCUT2D eigenvalue weighted by atomic mass is 10.1. The highest BCUT2D eigenvalue weighted by molar-refractivity contribution is 7.11. The zero-order valence-electron chi connectivity index (χ0n) is 10.5. The lowest BCUT2D eigenvalue weighted by Crippen LogP contribution is -2.18. The van der Waals surface area contributed by atoms with Crippen molar-refractivity contribution in [3.05, 3.63) is 49.4 Å². The van der Waals surface area contributed by atoms with E-state index in [1.54, 1.807) is 11.3 Å². The monoisotopic (exact) mass is 312 g/mol. The molecule has 0 bridgehead atoms. The maximum absolute atomic E-state index is 6.32. The van der Waals surface area contributed by atoms with Crippen LogP contribution in [0.3, 0.4) is 0 Å². The number of nitrogens with one attached hydrogen (secondary N) is 1. The molecule has 0 aliphatic heterocycles. The number of benzene rings is 1. The maximum atomic E-state index is 6.32. The standard InChI is InChI=1S/C14H14Cl2N2S/c1-17-13(8-4-2-5-9(15)12(8)16)14-18-10-6-3-7-11(10)19-14/h2,4-5,13,17H,3,6-7H2,1H3. The number of nitrogens with zero attached hydrogens (tertiary/aromatic N) is 1. The zero-order chi connectivity index (χ0) is 13.4. The highest BCUT2D eigenvalue weighted by Gasteiger charge is 2.24. The average molecular weight is 313 g/mol. The molecule has 0 amide bonds. The first-order valence-corrected chi connectivity index (χ1v) is 7.87. The molecule has 0 fully saturated rings. The van der Waals surface area contributed by atoms with Gasteiger partial charge in [-0.15, -0.1) is 11.3 Å². The van der Waals surface area contributed by atoms with Crippen LogP contribution < -0.4 is 5.32 Å². The van der Waals surface area contributed by atoms with Gasteiger partial charge in [0, 0.05) is 4.88 Å². The third-order valence-corrected chi connectivity index (χ3v) is 5.50. The fourth-order valence-electron chi connectivity index (χ4n) is 2.49. The third-order valence-electron chi connectivity index (χ3n) is 3.44. The van der Waals surface area contributed by atoms with Crippen LogP contribution in [-0.2, 0) is 12.8 Å². The molecule has 1 unspecified atom stereocenters. The van der Waals surface area contributed by atoms with Crippen molar-refractivity contribution < 1.29 is 0 Å². The van der Waals surface area contributed by atoms with Gasteiger partial charge in [-0.2, -0.15) is 0 Å². The summed E-state index contributed by atoms with van der Waals surface area (Å²) in [6, 6.07) is 5.75. The molecule has 1 N–H and O–H groups in total. The lowest BCUT2D eigenvalue weighted by Gasteiger charge is -2.16. The highest BCUT2D eigenvalue weighted by Crippen LogP contribution is 2.37. The van der Waals surface area contributed by atoms with E-state index in [2.05, 4.69) is 5.32 Å². The van der Waals surface area contributed by atoms with Gasteiger partial charge in [0.05, 0.1) is 21.8 Å². The van der Waals surface area contributed by atoms with E-state index in [1.165, 1.54) is 17.0 Å². The minimum Gasteiger partial charge on any atom is -0.307 e. The van der Waals surface area contributed by atoms with E-state index < -0.39 is 0 Å². The zero-order valence-corrected chi connectivity index (χ0v) is 12.9. The van der Waals surface area contributed by atoms with E-state index in [4.69, 9.17) is 28.2 Å². The van der Waals surface area contributed by atoms with Gasteiger partial charge >= 0.3 is 0 Å². The van der Waals surface area contributed by atoms with Crippen molar-refractivity contribution in [3.63, 3.8) is 0 Å². The molecule has 100 valence electrons. The molecular weight excluding hydrogens is 299 g/mol. The van der Waals surface area contributed by atoms with Crippen LogP contribution in [0.15, 0.2) is 18.2 Å². The number of thiazole rings is 1. The molecule has 3 rings (SSSR count). The lowest BCUT2D eigenvalue weighted by molar-refractivity contribution is 0.683. The number of hydrogen-bond acceptors (Lipinski definition) is 3. The Morgan fingerprint density at radius 2 is 2.16 bits per heavy atom. The van der Waals surface area contributed by atoms with E-state index >= 15 is 0 Å². The summed E-state index contributed by atoms with van der Waals surface area (Å²) >= 11 is 14.2. The summed E-state index contributed by atoms with van der Waals surface area (Å²) in [5.74, 6) is 0. The normalized spacial score (nSPS) is 15.5. The Bertz CT molecular complexity index is 588. The first-order chi connectivity index (χ1) is 9.20. The van der Waals surface area contributed by atoms with Gasteiger partial charge < -0.3 is 5.32 Å². The second-order valence-corrected chi connectivity index (χ2v) is 6.54. The molecular formula is C14H14Cl2N2S. The van der Waals surface area contributed by atoms with Crippen LogP contribution in [-0.4, -0.2) is 12.0 Å². The number of hydrogen-bond donors (Lipinski definition) is 1. The first kappa shape index (κ1) is 13.4. The van der Waals surface area contributed by atoms with Crippen LogP contribution in [0.2, 0.25) is 10.0 Å². The molecule has 0 spiro atoms. The molecule has 0 saturated carbocycles. The maximum Gasteiger partial charge on any atom is 0.115 e. The van der Waals surface area contributed by atoms with Gasteiger partial charge in [0.25, 0.3) is 0 Å². The van der Waals surface area contributed by atoms with Crippen molar-refractivity contribution in [1.29, 1.82) is 0 Å². The van der Waals surface area contributed by atoms with Gasteiger partial charge in [-0.3, -0.25) is 0 Å². The van der Waals surface area contributed by atoms with Gasteiger partial charge in [-0.25, -0.2) is 4.98 Å². The highest BCUT2D eigenvalue weighted by atomic mass is 35.5. The van der Waals surface area contributed by atoms with Crippen LogP contribution >= 0.6 is 34.5 Å². The predicted octanol–water partition coefficient (Wildman–Crippen LogP) is 4.25. The molecule has 1 aliphatic rings. The molecule has 2 aromatic rings. The molecule has 0 saturated heterocycles. The van der Waals surface area contributed by atoms with Crippen molar-refractivity contribution in [2.75, 3.05) is 7.05 Å².